The van der Waals surface area contributed by atoms with Gasteiger partial charge in [0.25, 0.3) is 0 Å². The van der Waals surface area contributed by atoms with Crippen molar-refractivity contribution in [1.82, 2.24) is 9.97 Å². The van der Waals surface area contributed by atoms with Crippen LogP contribution in [0.25, 0.3) is 11.4 Å². The molecule has 0 unspecified atom stereocenters. The van der Waals surface area contributed by atoms with Crippen LogP contribution in [0.3, 0.4) is 0 Å². The Kier molecular flexibility index (Phi) is 3.43. The lowest BCUT2D eigenvalue weighted by molar-refractivity contribution is 0.112. The predicted octanol–water partition coefficient (Wildman–Crippen LogP) is 2.20. The van der Waals surface area contributed by atoms with Gasteiger partial charge in [-0.25, -0.2) is 9.97 Å². The fraction of sp³-hybridized carbons (Fsp3) is 0.0833. The SMILES string of the molecule is COc1ccc(-c2ncc(C=O)c(N)n2)cc1Cl. The average Bonchev–Trinajstić information content (AvgIpc) is 2.38. The van der Waals surface area contributed by atoms with Crippen molar-refractivity contribution >= 4 is 23.7 Å². The van der Waals surface area contributed by atoms with Gasteiger partial charge >= 0.3 is 0 Å². The molecule has 2 aromatic rings. The van der Waals surface area contributed by atoms with E-state index in [0.29, 0.717) is 28.4 Å². The molecule has 2 rings (SSSR count). The van der Waals surface area contributed by atoms with Crippen molar-refractivity contribution in [3.63, 3.8) is 0 Å². The molecule has 0 bridgehead atoms. The van der Waals surface area contributed by atoms with E-state index in [1.807, 2.05) is 0 Å². The maximum Gasteiger partial charge on any atom is 0.161 e. The summed E-state index contributed by atoms with van der Waals surface area (Å²) >= 11 is 6.01. The van der Waals surface area contributed by atoms with Gasteiger partial charge in [-0.1, -0.05) is 11.6 Å². The number of hydrogen-bond donors (Lipinski definition) is 1. The van der Waals surface area contributed by atoms with Crippen molar-refractivity contribution in [3.05, 3.63) is 35.0 Å². The van der Waals surface area contributed by atoms with Gasteiger partial charge in [0.2, 0.25) is 0 Å². The van der Waals surface area contributed by atoms with Crippen LogP contribution < -0.4 is 10.5 Å². The van der Waals surface area contributed by atoms with E-state index in [4.69, 9.17) is 22.1 Å². The first kappa shape index (κ1) is 12.3. The monoisotopic (exact) mass is 263 g/mol. The molecule has 0 aliphatic rings. The lowest BCUT2D eigenvalue weighted by atomic mass is 10.2. The summed E-state index contributed by atoms with van der Waals surface area (Å²) < 4.78 is 5.05. The molecule has 92 valence electrons. The van der Waals surface area contributed by atoms with Crippen LogP contribution in [0.15, 0.2) is 24.4 Å². The Morgan fingerprint density at radius 2 is 2.22 bits per heavy atom. The highest BCUT2D eigenvalue weighted by atomic mass is 35.5. The summed E-state index contributed by atoms with van der Waals surface area (Å²) in [5.74, 6) is 1.11. The number of nitrogens with zero attached hydrogens (tertiary/aromatic N) is 2. The van der Waals surface area contributed by atoms with E-state index in [1.165, 1.54) is 13.3 Å². The number of rotatable bonds is 3. The summed E-state index contributed by atoms with van der Waals surface area (Å²) in [7, 11) is 1.54. The second kappa shape index (κ2) is 5.01. The van der Waals surface area contributed by atoms with Crippen molar-refractivity contribution in [2.45, 2.75) is 0 Å². The van der Waals surface area contributed by atoms with Crippen LogP contribution in [0.1, 0.15) is 10.4 Å². The highest BCUT2D eigenvalue weighted by molar-refractivity contribution is 6.32. The van der Waals surface area contributed by atoms with E-state index in [1.54, 1.807) is 18.2 Å². The first-order chi connectivity index (χ1) is 8.65. The Hall–Kier alpha value is -2.14. The van der Waals surface area contributed by atoms with Crippen molar-refractivity contribution in [1.29, 1.82) is 0 Å². The first-order valence-electron chi connectivity index (χ1n) is 5.07. The maximum atomic E-state index is 10.6. The van der Waals surface area contributed by atoms with Gasteiger partial charge in [0, 0.05) is 11.8 Å². The third-order valence-corrected chi connectivity index (χ3v) is 2.68. The van der Waals surface area contributed by atoms with E-state index < -0.39 is 0 Å². The van der Waals surface area contributed by atoms with Crippen LogP contribution in [-0.2, 0) is 0 Å². The Bertz CT molecular complexity index is 602. The molecule has 1 aromatic carbocycles. The maximum absolute atomic E-state index is 10.6. The van der Waals surface area contributed by atoms with Crippen molar-refractivity contribution in [2.75, 3.05) is 12.8 Å². The molecule has 0 fully saturated rings. The van der Waals surface area contributed by atoms with Gasteiger partial charge in [0.1, 0.15) is 11.6 Å². The Morgan fingerprint density at radius 1 is 1.44 bits per heavy atom. The molecular weight excluding hydrogens is 254 g/mol. The van der Waals surface area contributed by atoms with Crippen molar-refractivity contribution in [3.8, 4) is 17.1 Å². The Morgan fingerprint density at radius 3 is 2.78 bits per heavy atom. The molecule has 5 nitrogen and oxygen atoms in total. The lowest BCUT2D eigenvalue weighted by Gasteiger charge is -2.06. The third kappa shape index (κ3) is 2.26. The zero-order chi connectivity index (χ0) is 13.1. The molecule has 0 aliphatic heterocycles. The van der Waals surface area contributed by atoms with Gasteiger partial charge in [-0.3, -0.25) is 4.79 Å². The fourth-order valence-electron chi connectivity index (χ4n) is 1.44. The van der Waals surface area contributed by atoms with Gasteiger partial charge in [-0.05, 0) is 18.2 Å². The molecule has 0 amide bonds. The van der Waals surface area contributed by atoms with Gasteiger partial charge in [0.05, 0.1) is 17.7 Å². The predicted molar refractivity (Wildman–Crippen MR) is 68.8 cm³/mol. The second-order valence-corrected chi connectivity index (χ2v) is 3.91. The molecule has 6 heteroatoms. The highest BCUT2D eigenvalue weighted by Crippen LogP contribution is 2.28. The third-order valence-electron chi connectivity index (χ3n) is 2.38. The topological polar surface area (TPSA) is 78.1 Å². The average molecular weight is 264 g/mol. The van der Waals surface area contributed by atoms with Crippen LogP contribution in [0.5, 0.6) is 5.75 Å². The molecule has 1 heterocycles. The van der Waals surface area contributed by atoms with Crippen LogP contribution in [0.2, 0.25) is 5.02 Å². The summed E-state index contributed by atoms with van der Waals surface area (Å²) in [4.78, 5) is 18.7. The number of aromatic nitrogens is 2. The summed E-state index contributed by atoms with van der Waals surface area (Å²) in [6.45, 7) is 0. The van der Waals surface area contributed by atoms with E-state index >= 15 is 0 Å². The molecule has 18 heavy (non-hydrogen) atoms. The molecule has 0 atom stereocenters. The summed E-state index contributed by atoms with van der Waals surface area (Å²) in [5.41, 5.74) is 6.58. The largest absolute Gasteiger partial charge is 0.495 e. The molecule has 2 N–H and O–H groups in total. The Balaban J connectivity index is 2.45. The molecule has 0 spiro atoms. The molecule has 0 saturated heterocycles. The number of nitrogens with two attached hydrogens (primary N) is 1. The zero-order valence-corrected chi connectivity index (χ0v) is 10.3. The summed E-state index contributed by atoms with van der Waals surface area (Å²) in [6.07, 6.45) is 1.99. The van der Waals surface area contributed by atoms with E-state index in [9.17, 15) is 4.79 Å². The number of aldehydes is 1. The summed E-state index contributed by atoms with van der Waals surface area (Å²) in [6, 6.07) is 5.15. The summed E-state index contributed by atoms with van der Waals surface area (Å²) in [5, 5.41) is 0.455. The molecule has 0 saturated carbocycles. The number of benzene rings is 1. The standard InChI is InChI=1S/C12H10ClN3O2/c1-18-10-3-2-7(4-9(10)13)12-15-5-8(6-17)11(14)16-12/h2-6H,1H3,(H2,14,15,16). The fourth-order valence-corrected chi connectivity index (χ4v) is 1.70. The number of methoxy groups -OCH3 is 1. The lowest BCUT2D eigenvalue weighted by Crippen LogP contribution is -2.00. The number of hydrogen-bond acceptors (Lipinski definition) is 5. The van der Waals surface area contributed by atoms with Crippen LogP contribution >= 0.6 is 11.6 Å². The van der Waals surface area contributed by atoms with E-state index in [-0.39, 0.29) is 11.4 Å². The minimum Gasteiger partial charge on any atom is -0.495 e. The molecular formula is C12H10ClN3O2. The number of ether oxygens (including phenoxy) is 1. The number of nitrogen functional groups attached to an aromatic ring is 1. The molecule has 1 aromatic heterocycles. The minimum atomic E-state index is 0.141. The molecule has 0 aliphatic carbocycles. The normalized spacial score (nSPS) is 10.1. The van der Waals surface area contributed by atoms with Gasteiger partial charge < -0.3 is 10.5 Å². The van der Waals surface area contributed by atoms with E-state index in [0.717, 1.165) is 0 Å². The van der Waals surface area contributed by atoms with Crippen molar-refractivity contribution < 1.29 is 9.53 Å². The van der Waals surface area contributed by atoms with Crippen LogP contribution in [0, 0.1) is 0 Å². The van der Waals surface area contributed by atoms with Crippen LogP contribution in [-0.4, -0.2) is 23.4 Å². The smallest absolute Gasteiger partial charge is 0.161 e. The van der Waals surface area contributed by atoms with Gasteiger partial charge in [-0.15, -0.1) is 0 Å². The number of carbonyl (C=O) groups is 1. The Labute approximate surface area is 109 Å². The zero-order valence-electron chi connectivity index (χ0n) is 9.55. The second-order valence-electron chi connectivity index (χ2n) is 3.50. The minimum absolute atomic E-state index is 0.141. The number of anilines is 1. The first-order valence-corrected chi connectivity index (χ1v) is 5.45. The van der Waals surface area contributed by atoms with Gasteiger partial charge in [0.15, 0.2) is 12.1 Å². The number of halogens is 1. The van der Waals surface area contributed by atoms with E-state index in [2.05, 4.69) is 9.97 Å². The quantitative estimate of drug-likeness (QED) is 0.859. The van der Waals surface area contributed by atoms with Gasteiger partial charge in [-0.2, -0.15) is 0 Å². The number of carbonyl (C=O) groups excluding carboxylic acids is 1. The molecule has 0 radical (unpaired) electrons. The van der Waals surface area contributed by atoms with Crippen molar-refractivity contribution in [2.24, 2.45) is 0 Å². The highest BCUT2D eigenvalue weighted by Gasteiger charge is 2.08. The van der Waals surface area contributed by atoms with Crippen LogP contribution in [0.4, 0.5) is 5.82 Å².